The number of anilines is 1. The molecule has 1 amide bonds. The molecule has 0 bridgehead atoms. The summed E-state index contributed by atoms with van der Waals surface area (Å²) in [4.78, 5) is 24.6. The number of carbonyl (C=O) groups excluding carboxylic acids is 2. The van der Waals surface area contributed by atoms with Gasteiger partial charge in [0.05, 0.1) is 7.11 Å². The number of benzene rings is 1. The lowest BCUT2D eigenvalue weighted by atomic mass is 9.86. The molecule has 0 spiro atoms. The van der Waals surface area contributed by atoms with Crippen LogP contribution < -0.4 is 10.6 Å². The van der Waals surface area contributed by atoms with Gasteiger partial charge >= 0.3 is 5.97 Å². The second-order valence-corrected chi connectivity index (χ2v) is 7.07. The SMILES string of the molecule is C=CCCCNc1ccccc1C(=N)C(=O)NC(C(=O)OC)C(C)(C)C. The molecule has 1 rings (SSSR count). The summed E-state index contributed by atoms with van der Waals surface area (Å²) in [6.07, 6.45) is 3.65. The van der Waals surface area contributed by atoms with E-state index in [0.717, 1.165) is 12.8 Å². The Hall–Kier alpha value is -2.63. The van der Waals surface area contributed by atoms with Crippen molar-refractivity contribution in [2.24, 2.45) is 5.41 Å². The molecule has 0 saturated carbocycles. The fourth-order valence-corrected chi connectivity index (χ4v) is 2.40. The summed E-state index contributed by atoms with van der Waals surface area (Å²) in [6, 6.07) is 6.31. The van der Waals surface area contributed by atoms with Gasteiger partial charge in [-0.3, -0.25) is 10.2 Å². The number of nitrogens with one attached hydrogen (secondary N) is 3. The minimum absolute atomic E-state index is 0.199. The molecule has 1 aromatic rings. The van der Waals surface area contributed by atoms with Gasteiger partial charge in [0.25, 0.3) is 5.91 Å². The van der Waals surface area contributed by atoms with Crippen molar-refractivity contribution < 1.29 is 14.3 Å². The van der Waals surface area contributed by atoms with Crippen LogP contribution in [0.2, 0.25) is 0 Å². The quantitative estimate of drug-likeness (QED) is 0.273. The largest absolute Gasteiger partial charge is 0.467 e. The molecular formula is C20H29N3O3. The zero-order valence-corrected chi connectivity index (χ0v) is 16.0. The number of carbonyl (C=O) groups is 2. The van der Waals surface area contributed by atoms with Gasteiger partial charge in [0.2, 0.25) is 0 Å². The molecule has 0 aromatic heterocycles. The summed E-state index contributed by atoms with van der Waals surface area (Å²) in [5.74, 6) is -1.15. The van der Waals surface area contributed by atoms with Crippen molar-refractivity contribution in [3.63, 3.8) is 0 Å². The van der Waals surface area contributed by atoms with E-state index in [9.17, 15) is 9.59 Å². The number of hydrogen-bond acceptors (Lipinski definition) is 5. The van der Waals surface area contributed by atoms with Crippen molar-refractivity contribution in [1.29, 1.82) is 5.41 Å². The first-order valence-corrected chi connectivity index (χ1v) is 8.63. The van der Waals surface area contributed by atoms with Crippen molar-refractivity contribution in [3.05, 3.63) is 42.5 Å². The number of ether oxygens (including phenoxy) is 1. The van der Waals surface area contributed by atoms with E-state index in [4.69, 9.17) is 10.1 Å². The highest BCUT2D eigenvalue weighted by Crippen LogP contribution is 2.21. The molecule has 6 heteroatoms. The van der Waals surface area contributed by atoms with Gasteiger partial charge in [0, 0.05) is 17.8 Å². The first kappa shape index (κ1) is 21.4. The minimum Gasteiger partial charge on any atom is -0.467 e. The maximum atomic E-state index is 12.6. The molecule has 26 heavy (non-hydrogen) atoms. The number of amides is 1. The van der Waals surface area contributed by atoms with Gasteiger partial charge in [0.1, 0.15) is 11.8 Å². The molecule has 0 heterocycles. The first-order chi connectivity index (χ1) is 12.2. The summed E-state index contributed by atoms with van der Waals surface area (Å²) < 4.78 is 4.78. The van der Waals surface area contributed by atoms with Gasteiger partial charge in [0.15, 0.2) is 0 Å². The molecule has 0 saturated heterocycles. The van der Waals surface area contributed by atoms with Crippen molar-refractivity contribution in [1.82, 2.24) is 5.32 Å². The molecule has 0 aliphatic carbocycles. The number of allylic oxidation sites excluding steroid dienone is 1. The zero-order chi connectivity index (χ0) is 19.7. The van der Waals surface area contributed by atoms with E-state index >= 15 is 0 Å². The molecule has 0 aliphatic rings. The van der Waals surface area contributed by atoms with Crippen LogP contribution in [0.5, 0.6) is 0 Å². The van der Waals surface area contributed by atoms with Crippen LogP contribution in [-0.2, 0) is 14.3 Å². The lowest BCUT2D eigenvalue weighted by Gasteiger charge is -2.29. The monoisotopic (exact) mass is 359 g/mol. The van der Waals surface area contributed by atoms with E-state index in [2.05, 4.69) is 17.2 Å². The Balaban J connectivity index is 2.92. The van der Waals surface area contributed by atoms with Crippen LogP contribution in [0.4, 0.5) is 5.69 Å². The van der Waals surface area contributed by atoms with Gasteiger partial charge in [-0.2, -0.15) is 0 Å². The average Bonchev–Trinajstić information content (AvgIpc) is 2.61. The van der Waals surface area contributed by atoms with Crippen molar-refractivity contribution in [3.8, 4) is 0 Å². The van der Waals surface area contributed by atoms with Crippen LogP contribution in [0.3, 0.4) is 0 Å². The Morgan fingerprint density at radius 1 is 1.31 bits per heavy atom. The summed E-state index contributed by atoms with van der Waals surface area (Å²) in [6.45, 7) is 9.88. The fourth-order valence-electron chi connectivity index (χ4n) is 2.40. The fraction of sp³-hybridized carbons (Fsp3) is 0.450. The lowest BCUT2D eigenvalue weighted by Crippen LogP contribution is -2.51. The Kier molecular flexibility index (Phi) is 8.03. The zero-order valence-electron chi connectivity index (χ0n) is 16.0. The van der Waals surface area contributed by atoms with Crippen LogP contribution in [0.25, 0.3) is 0 Å². The van der Waals surface area contributed by atoms with E-state index < -0.39 is 23.3 Å². The third-order valence-corrected chi connectivity index (χ3v) is 3.90. The summed E-state index contributed by atoms with van der Waals surface area (Å²) in [5.41, 5.74) is 0.462. The van der Waals surface area contributed by atoms with E-state index in [0.29, 0.717) is 17.8 Å². The molecule has 0 fully saturated rings. The number of rotatable bonds is 9. The smallest absolute Gasteiger partial charge is 0.328 e. The third kappa shape index (κ3) is 6.02. The normalized spacial score (nSPS) is 12.0. The summed E-state index contributed by atoms with van der Waals surface area (Å²) in [5, 5.41) is 14.1. The molecule has 3 N–H and O–H groups in total. The molecular weight excluding hydrogens is 330 g/mol. The topological polar surface area (TPSA) is 91.3 Å². The Bertz CT molecular complexity index is 663. The predicted molar refractivity (Wildman–Crippen MR) is 105 cm³/mol. The number of hydrogen-bond donors (Lipinski definition) is 3. The van der Waals surface area contributed by atoms with Gasteiger partial charge in [-0.1, -0.05) is 45.0 Å². The second-order valence-electron chi connectivity index (χ2n) is 7.07. The van der Waals surface area contributed by atoms with Crippen LogP contribution in [-0.4, -0.2) is 37.3 Å². The molecule has 142 valence electrons. The first-order valence-electron chi connectivity index (χ1n) is 8.63. The van der Waals surface area contributed by atoms with E-state index in [-0.39, 0.29) is 5.71 Å². The van der Waals surface area contributed by atoms with Crippen molar-refractivity contribution >= 4 is 23.3 Å². The van der Waals surface area contributed by atoms with Gasteiger partial charge in [-0.15, -0.1) is 6.58 Å². The lowest BCUT2D eigenvalue weighted by molar-refractivity contribution is -0.147. The molecule has 0 radical (unpaired) electrons. The molecule has 1 aromatic carbocycles. The minimum atomic E-state index is -0.840. The molecule has 1 unspecified atom stereocenters. The van der Waals surface area contributed by atoms with Gasteiger partial charge < -0.3 is 15.4 Å². The van der Waals surface area contributed by atoms with E-state index in [1.807, 2.05) is 39.0 Å². The molecule has 1 atom stereocenters. The van der Waals surface area contributed by atoms with Crippen LogP contribution in [0, 0.1) is 10.8 Å². The third-order valence-electron chi connectivity index (χ3n) is 3.90. The summed E-state index contributed by atoms with van der Waals surface area (Å²) >= 11 is 0. The molecule has 6 nitrogen and oxygen atoms in total. The van der Waals surface area contributed by atoms with Crippen molar-refractivity contribution in [2.75, 3.05) is 19.0 Å². The van der Waals surface area contributed by atoms with Crippen molar-refractivity contribution in [2.45, 2.75) is 39.7 Å². The number of esters is 1. The Morgan fingerprint density at radius 3 is 2.54 bits per heavy atom. The highest BCUT2D eigenvalue weighted by molar-refractivity contribution is 6.45. The van der Waals surface area contributed by atoms with E-state index in [1.165, 1.54) is 7.11 Å². The number of methoxy groups -OCH3 is 1. The number of para-hydroxylation sites is 1. The van der Waals surface area contributed by atoms with Crippen LogP contribution in [0.15, 0.2) is 36.9 Å². The average molecular weight is 359 g/mol. The Labute approximate surface area is 155 Å². The van der Waals surface area contributed by atoms with Gasteiger partial charge in [-0.25, -0.2) is 4.79 Å². The number of unbranched alkanes of at least 4 members (excludes halogenated alkanes) is 1. The second kappa shape index (κ2) is 9.75. The Morgan fingerprint density at radius 2 is 1.96 bits per heavy atom. The van der Waals surface area contributed by atoms with Crippen LogP contribution >= 0.6 is 0 Å². The van der Waals surface area contributed by atoms with Crippen LogP contribution in [0.1, 0.15) is 39.2 Å². The maximum absolute atomic E-state index is 12.6. The van der Waals surface area contributed by atoms with Gasteiger partial charge in [-0.05, 0) is 24.3 Å². The standard InChI is InChI=1S/C20H29N3O3/c1-6-7-10-13-22-15-12-9-8-11-14(15)16(21)18(24)23-17(19(25)26-5)20(2,3)4/h6,8-9,11-12,17,21-22H,1,7,10,13H2,2-5H3,(H,23,24). The van der Waals surface area contributed by atoms with E-state index in [1.54, 1.807) is 12.1 Å². The predicted octanol–water partition coefficient (Wildman–Crippen LogP) is 3.14. The maximum Gasteiger partial charge on any atom is 0.328 e. The summed E-state index contributed by atoms with van der Waals surface area (Å²) in [7, 11) is 1.28. The highest BCUT2D eigenvalue weighted by atomic mass is 16.5. The highest BCUT2D eigenvalue weighted by Gasteiger charge is 2.34. The molecule has 0 aliphatic heterocycles.